The van der Waals surface area contributed by atoms with E-state index in [1.54, 1.807) is 0 Å². The van der Waals surface area contributed by atoms with E-state index >= 15 is 0 Å². The van der Waals surface area contributed by atoms with Crippen molar-refractivity contribution in [2.75, 3.05) is 13.6 Å². The number of hydrogen-bond donors (Lipinski definition) is 1. The maximum atomic E-state index is 10.8. The first-order valence-corrected chi connectivity index (χ1v) is 4.48. The molecule has 0 saturated carbocycles. The summed E-state index contributed by atoms with van der Waals surface area (Å²) < 4.78 is 14.6. The molecular formula is C8H16BNO3. The van der Waals surface area contributed by atoms with E-state index in [1.807, 2.05) is 6.92 Å². The zero-order chi connectivity index (χ0) is 10.1. The molecule has 0 radical (unpaired) electrons. The number of ether oxygens (including phenoxy) is 1. The molecule has 0 saturated heterocycles. The molecule has 0 aromatic carbocycles. The summed E-state index contributed by atoms with van der Waals surface area (Å²) in [5.41, 5.74) is 0. The Labute approximate surface area is 79.3 Å². The van der Waals surface area contributed by atoms with E-state index in [0.717, 1.165) is 20.0 Å². The second kappa shape index (κ2) is 7.92. The van der Waals surface area contributed by atoms with E-state index in [4.69, 9.17) is 0 Å². The normalized spacial score (nSPS) is 11.8. The Hall–Kier alpha value is -0.705. The monoisotopic (exact) mass is 185 g/mol. The molecule has 0 amide bonds. The second-order valence-corrected chi connectivity index (χ2v) is 2.79. The molecule has 0 aliphatic heterocycles. The van der Waals surface area contributed by atoms with Crippen LogP contribution in [0.5, 0.6) is 0 Å². The van der Waals surface area contributed by atoms with Crippen molar-refractivity contribution < 1.29 is 14.2 Å². The van der Waals surface area contributed by atoms with Gasteiger partial charge in [0, 0.05) is 0 Å². The Balaban J connectivity index is 3.58. The Morgan fingerprint density at radius 2 is 2.31 bits per heavy atom. The van der Waals surface area contributed by atoms with E-state index in [1.165, 1.54) is 7.11 Å². The van der Waals surface area contributed by atoms with Gasteiger partial charge in [-0.3, -0.25) is 0 Å². The Kier molecular flexibility index (Phi) is 7.49. The van der Waals surface area contributed by atoms with Gasteiger partial charge in [0.1, 0.15) is 0 Å². The SMILES string of the molecule is CCC(CCC(=O)OC)NCB=O. The van der Waals surface area contributed by atoms with Gasteiger partial charge in [-0.1, -0.05) is 0 Å². The van der Waals surface area contributed by atoms with Crippen molar-refractivity contribution in [3.8, 4) is 0 Å². The number of methoxy groups -OCH3 is 1. The van der Waals surface area contributed by atoms with Crippen LogP contribution in [0.15, 0.2) is 0 Å². The molecule has 74 valence electrons. The molecule has 0 rings (SSSR count). The van der Waals surface area contributed by atoms with E-state index in [9.17, 15) is 9.50 Å². The van der Waals surface area contributed by atoms with Crippen molar-refractivity contribution in [1.82, 2.24) is 5.32 Å². The molecule has 0 heterocycles. The Morgan fingerprint density at radius 3 is 2.77 bits per heavy atom. The minimum absolute atomic E-state index is 0.202. The predicted molar refractivity (Wildman–Crippen MR) is 49.8 cm³/mol. The van der Waals surface area contributed by atoms with E-state index in [-0.39, 0.29) is 12.0 Å². The minimum atomic E-state index is -0.202. The van der Waals surface area contributed by atoms with Crippen LogP contribution in [0.3, 0.4) is 0 Å². The van der Waals surface area contributed by atoms with Crippen molar-refractivity contribution in [2.45, 2.75) is 32.2 Å². The van der Waals surface area contributed by atoms with Crippen LogP contribution in [0.2, 0.25) is 0 Å². The topological polar surface area (TPSA) is 55.4 Å². The van der Waals surface area contributed by atoms with Gasteiger partial charge in [-0.2, -0.15) is 0 Å². The predicted octanol–water partition coefficient (Wildman–Crippen LogP) is 0.315. The third kappa shape index (κ3) is 6.46. The zero-order valence-electron chi connectivity index (χ0n) is 8.21. The number of rotatable bonds is 7. The summed E-state index contributed by atoms with van der Waals surface area (Å²) in [6.45, 7) is 2.01. The van der Waals surface area contributed by atoms with Gasteiger partial charge in [0.05, 0.1) is 0 Å². The number of hydrogen-bond acceptors (Lipinski definition) is 4. The van der Waals surface area contributed by atoms with Crippen LogP contribution in [0.25, 0.3) is 0 Å². The quantitative estimate of drug-likeness (QED) is 0.458. The fraction of sp³-hybridized carbons (Fsp3) is 0.875. The molecule has 0 aliphatic rings. The third-order valence-corrected chi connectivity index (χ3v) is 1.91. The molecule has 1 unspecified atom stereocenters. The fourth-order valence-corrected chi connectivity index (χ4v) is 1.06. The van der Waals surface area contributed by atoms with Crippen LogP contribution in [-0.2, 0) is 14.2 Å². The van der Waals surface area contributed by atoms with Crippen molar-refractivity contribution >= 4 is 13.1 Å². The van der Waals surface area contributed by atoms with Gasteiger partial charge < -0.3 is 0 Å². The van der Waals surface area contributed by atoms with Gasteiger partial charge in [-0.25, -0.2) is 0 Å². The molecule has 0 fully saturated rings. The summed E-state index contributed by atoms with van der Waals surface area (Å²) in [7, 11) is 2.20. The van der Waals surface area contributed by atoms with Crippen LogP contribution in [0.1, 0.15) is 26.2 Å². The molecule has 13 heavy (non-hydrogen) atoms. The first kappa shape index (κ1) is 12.3. The summed E-state index contributed by atoms with van der Waals surface area (Å²) in [4.78, 5) is 10.8. The van der Waals surface area contributed by atoms with E-state index in [0.29, 0.717) is 12.9 Å². The number of esters is 1. The van der Waals surface area contributed by atoms with Crippen LogP contribution in [0.4, 0.5) is 0 Å². The molecule has 0 bridgehead atoms. The first-order chi connectivity index (χ1) is 6.24. The second-order valence-electron chi connectivity index (χ2n) is 2.79. The van der Waals surface area contributed by atoms with Crippen molar-refractivity contribution in [2.24, 2.45) is 0 Å². The summed E-state index contributed by atoms with van der Waals surface area (Å²) in [5.74, 6) is -0.202. The average molecular weight is 185 g/mol. The van der Waals surface area contributed by atoms with E-state index in [2.05, 4.69) is 10.1 Å². The fourth-order valence-electron chi connectivity index (χ4n) is 1.06. The van der Waals surface area contributed by atoms with Crippen LogP contribution < -0.4 is 5.32 Å². The van der Waals surface area contributed by atoms with Crippen molar-refractivity contribution in [3.05, 3.63) is 0 Å². The zero-order valence-corrected chi connectivity index (χ0v) is 8.21. The molecule has 0 aliphatic carbocycles. The van der Waals surface area contributed by atoms with Gasteiger partial charge in [0.25, 0.3) is 0 Å². The third-order valence-electron chi connectivity index (χ3n) is 1.91. The van der Waals surface area contributed by atoms with Gasteiger partial charge >= 0.3 is 78.5 Å². The van der Waals surface area contributed by atoms with Crippen LogP contribution >= 0.6 is 0 Å². The Morgan fingerprint density at radius 1 is 1.62 bits per heavy atom. The number of carbonyl (C=O) groups is 1. The number of nitrogens with one attached hydrogen (secondary N) is 1. The van der Waals surface area contributed by atoms with Gasteiger partial charge in [0.2, 0.25) is 0 Å². The standard InChI is InChI=1S/C8H16BNO3/c1-3-7(10-6-9-12)4-5-8(11)13-2/h7,10H,3-6H2,1-2H3. The molecule has 0 aromatic heterocycles. The summed E-state index contributed by atoms with van der Waals surface area (Å²) >= 11 is 0. The summed E-state index contributed by atoms with van der Waals surface area (Å²) in [5, 5.41) is 3.02. The van der Waals surface area contributed by atoms with Gasteiger partial charge in [0.15, 0.2) is 0 Å². The van der Waals surface area contributed by atoms with Crippen LogP contribution in [0, 0.1) is 0 Å². The maximum absolute atomic E-state index is 10.8. The first-order valence-electron chi connectivity index (χ1n) is 4.48. The van der Waals surface area contributed by atoms with E-state index < -0.39 is 0 Å². The van der Waals surface area contributed by atoms with Crippen molar-refractivity contribution in [1.29, 1.82) is 0 Å². The van der Waals surface area contributed by atoms with Crippen molar-refractivity contribution in [3.63, 3.8) is 0 Å². The molecular weight excluding hydrogens is 169 g/mol. The average Bonchev–Trinajstić information content (AvgIpc) is 2.17. The summed E-state index contributed by atoms with van der Waals surface area (Å²) in [6.07, 6.45) is 2.38. The molecule has 1 atom stereocenters. The van der Waals surface area contributed by atoms with Crippen LogP contribution in [-0.4, -0.2) is 32.7 Å². The number of carbonyl (C=O) groups excluding carboxylic acids is 1. The molecule has 1 N–H and O–H groups in total. The summed E-state index contributed by atoms with van der Waals surface area (Å²) in [6, 6.07) is 0.226. The van der Waals surface area contributed by atoms with Gasteiger partial charge in [-0.15, -0.1) is 0 Å². The van der Waals surface area contributed by atoms with Gasteiger partial charge in [-0.05, 0) is 0 Å². The molecule has 0 spiro atoms. The Bertz CT molecular complexity index is 163. The molecule has 0 aromatic rings. The molecule has 4 nitrogen and oxygen atoms in total. The molecule has 5 heteroatoms.